The molecule has 1 aliphatic rings. The van der Waals surface area contributed by atoms with Gasteiger partial charge in [0.1, 0.15) is 10.8 Å². The maximum absolute atomic E-state index is 5.96. The normalized spacial score (nSPS) is 16.4. The Hall–Kier alpha value is -0.540. The van der Waals surface area contributed by atoms with E-state index in [2.05, 4.69) is 15.3 Å². The largest absolute Gasteiger partial charge is 0.369 e. The lowest BCUT2D eigenvalue weighted by molar-refractivity contribution is 0.491. The molecule has 3 nitrogen and oxygen atoms in total. The summed E-state index contributed by atoms with van der Waals surface area (Å²) in [6.07, 6.45) is 9.60. The fourth-order valence-corrected chi connectivity index (χ4v) is 2.66. The molecule has 2 rings (SSSR count). The molecule has 5 heteroatoms. The summed E-state index contributed by atoms with van der Waals surface area (Å²) >= 11 is 11.7. The number of halogens is 2. The van der Waals surface area contributed by atoms with E-state index in [1.807, 2.05) is 0 Å². The minimum atomic E-state index is 0.229. The molecule has 0 amide bonds. The maximum atomic E-state index is 5.96. The number of nitrogens with zero attached hydrogens (tertiary/aromatic N) is 2. The van der Waals surface area contributed by atoms with Crippen molar-refractivity contribution in [2.24, 2.45) is 5.92 Å². The second-order valence-corrected chi connectivity index (χ2v) is 5.30. The molecule has 0 bridgehead atoms. The van der Waals surface area contributed by atoms with Gasteiger partial charge in [0, 0.05) is 6.54 Å². The standard InChI is InChI=1S/C12H17Cl2N3/c13-10-8-16-12(14)17-11(10)15-7-3-6-9-4-1-2-5-9/h8-9H,1-7H2,(H,15,16,17). The first-order valence-electron chi connectivity index (χ1n) is 6.17. The number of nitrogens with one attached hydrogen (secondary N) is 1. The van der Waals surface area contributed by atoms with Crippen molar-refractivity contribution in [1.82, 2.24) is 9.97 Å². The summed E-state index contributed by atoms with van der Waals surface area (Å²) in [5.41, 5.74) is 0. The molecule has 1 aromatic rings. The van der Waals surface area contributed by atoms with E-state index in [4.69, 9.17) is 23.2 Å². The van der Waals surface area contributed by atoms with Gasteiger partial charge >= 0.3 is 0 Å². The molecule has 0 spiro atoms. The predicted molar refractivity (Wildman–Crippen MR) is 71.7 cm³/mol. The van der Waals surface area contributed by atoms with Gasteiger partial charge in [-0.15, -0.1) is 0 Å². The van der Waals surface area contributed by atoms with Gasteiger partial charge in [0.05, 0.1) is 6.20 Å². The molecule has 1 fully saturated rings. The maximum Gasteiger partial charge on any atom is 0.224 e. The Bertz CT molecular complexity index is 365. The Morgan fingerprint density at radius 2 is 2.06 bits per heavy atom. The van der Waals surface area contributed by atoms with Crippen molar-refractivity contribution in [2.75, 3.05) is 11.9 Å². The number of anilines is 1. The van der Waals surface area contributed by atoms with Gasteiger partial charge in [0.15, 0.2) is 0 Å². The molecule has 1 saturated carbocycles. The lowest BCUT2D eigenvalue weighted by Gasteiger charge is -2.10. The molecule has 0 aromatic carbocycles. The van der Waals surface area contributed by atoms with E-state index in [-0.39, 0.29) is 5.28 Å². The molecule has 0 radical (unpaired) electrons. The van der Waals surface area contributed by atoms with E-state index in [1.54, 1.807) is 0 Å². The average Bonchev–Trinajstić information content (AvgIpc) is 2.82. The summed E-state index contributed by atoms with van der Waals surface area (Å²) < 4.78 is 0. The van der Waals surface area contributed by atoms with Crippen molar-refractivity contribution < 1.29 is 0 Å². The Morgan fingerprint density at radius 1 is 1.29 bits per heavy atom. The van der Waals surface area contributed by atoms with E-state index in [0.717, 1.165) is 18.9 Å². The van der Waals surface area contributed by atoms with Crippen molar-refractivity contribution in [3.63, 3.8) is 0 Å². The van der Waals surface area contributed by atoms with Crippen LogP contribution in [0.5, 0.6) is 0 Å². The quantitative estimate of drug-likeness (QED) is 0.647. The minimum absolute atomic E-state index is 0.229. The van der Waals surface area contributed by atoms with Crippen LogP contribution in [0, 0.1) is 5.92 Å². The van der Waals surface area contributed by atoms with Gasteiger partial charge in [-0.25, -0.2) is 4.98 Å². The number of aromatic nitrogens is 2. The molecule has 0 saturated heterocycles. The molecule has 0 unspecified atom stereocenters. The molecular weight excluding hydrogens is 257 g/mol. The zero-order chi connectivity index (χ0) is 12.1. The fraction of sp³-hybridized carbons (Fsp3) is 0.667. The van der Waals surface area contributed by atoms with Gasteiger partial charge in [-0.3, -0.25) is 0 Å². The van der Waals surface area contributed by atoms with Crippen molar-refractivity contribution in [2.45, 2.75) is 38.5 Å². The lowest BCUT2D eigenvalue weighted by atomic mass is 10.0. The molecular formula is C12H17Cl2N3. The van der Waals surface area contributed by atoms with Crippen molar-refractivity contribution in [3.05, 3.63) is 16.5 Å². The first-order valence-corrected chi connectivity index (χ1v) is 6.93. The van der Waals surface area contributed by atoms with Crippen LogP contribution in [0.3, 0.4) is 0 Å². The second kappa shape index (κ2) is 6.41. The zero-order valence-electron chi connectivity index (χ0n) is 9.75. The Labute approximate surface area is 112 Å². The summed E-state index contributed by atoms with van der Waals surface area (Å²) in [5, 5.41) is 3.96. The van der Waals surface area contributed by atoms with Crippen molar-refractivity contribution in [3.8, 4) is 0 Å². The Morgan fingerprint density at radius 3 is 2.82 bits per heavy atom. The molecule has 1 aromatic heterocycles. The predicted octanol–water partition coefficient (Wildman–Crippen LogP) is 4.17. The number of rotatable bonds is 5. The summed E-state index contributed by atoms with van der Waals surface area (Å²) in [7, 11) is 0. The van der Waals surface area contributed by atoms with E-state index >= 15 is 0 Å². The highest BCUT2D eigenvalue weighted by Crippen LogP contribution is 2.28. The van der Waals surface area contributed by atoms with Crippen LogP contribution in [0.25, 0.3) is 0 Å². The summed E-state index contributed by atoms with van der Waals surface area (Å²) in [6.45, 7) is 0.892. The summed E-state index contributed by atoms with van der Waals surface area (Å²) in [6, 6.07) is 0. The van der Waals surface area contributed by atoms with E-state index in [9.17, 15) is 0 Å². The third-order valence-electron chi connectivity index (χ3n) is 3.27. The highest BCUT2D eigenvalue weighted by Gasteiger charge is 2.14. The number of hydrogen-bond donors (Lipinski definition) is 1. The Kier molecular flexibility index (Phi) is 4.86. The third-order valence-corrected chi connectivity index (χ3v) is 3.73. The van der Waals surface area contributed by atoms with Gasteiger partial charge in [-0.2, -0.15) is 4.98 Å². The van der Waals surface area contributed by atoms with Crippen LogP contribution in [0.2, 0.25) is 10.3 Å². The highest BCUT2D eigenvalue weighted by molar-refractivity contribution is 6.33. The molecule has 17 heavy (non-hydrogen) atoms. The van der Waals surface area contributed by atoms with E-state index < -0.39 is 0 Å². The van der Waals surface area contributed by atoms with Gasteiger partial charge in [-0.05, 0) is 30.4 Å². The third kappa shape index (κ3) is 4.00. The Balaban J connectivity index is 1.72. The fourth-order valence-electron chi connectivity index (χ4n) is 2.37. The molecule has 94 valence electrons. The molecule has 1 heterocycles. The van der Waals surface area contributed by atoms with Crippen LogP contribution in [-0.2, 0) is 0 Å². The van der Waals surface area contributed by atoms with Gasteiger partial charge in [0.25, 0.3) is 0 Å². The van der Waals surface area contributed by atoms with Crippen LogP contribution >= 0.6 is 23.2 Å². The average molecular weight is 274 g/mol. The number of hydrogen-bond acceptors (Lipinski definition) is 3. The molecule has 1 aliphatic carbocycles. The van der Waals surface area contributed by atoms with E-state index in [0.29, 0.717) is 10.8 Å². The minimum Gasteiger partial charge on any atom is -0.369 e. The summed E-state index contributed by atoms with van der Waals surface area (Å²) in [4.78, 5) is 7.87. The first-order chi connectivity index (χ1) is 8.25. The van der Waals surface area contributed by atoms with Crippen LogP contribution in [0.1, 0.15) is 38.5 Å². The monoisotopic (exact) mass is 273 g/mol. The molecule has 0 atom stereocenters. The van der Waals surface area contributed by atoms with Gasteiger partial charge in [0.2, 0.25) is 5.28 Å². The first kappa shape index (κ1) is 12.9. The smallest absolute Gasteiger partial charge is 0.224 e. The SMILES string of the molecule is Clc1ncc(Cl)c(NCCCC2CCCC2)n1. The van der Waals surface area contributed by atoms with Crippen molar-refractivity contribution in [1.29, 1.82) is 0 Å². The molecule has 1 N–H and O–H groups in total. The van der Waals surface area contributed by atoms with Crippen LogP contribution in [0.15, 0.2) is 6.20 Å². The van der Waals surface area contributed by atoms with Crippen LogP contribution in [-0.4, -0.2) is 16.5 Å². The second-order valence-electron chi connectivity index (χ2n) is 4.56. The van der Waals surface area contributed by atoms with Crippen LogP contribution < -0.4 is 5.32 Å². The van der Waals surface area contributed by atoms with Crippen LogP contribution in [0.4, 0.5) is 5.82 Å². The summed E-state index contributed by atoms with van der Waals surface area (Å²) in [5.74, 6) is 1.57. The van der Waals surface area contributed by atoms with Crippen molar-refractivity contribution >= 4 is 29.0 Å². The topological polar surface area (TPSA) is 37.8 Å². The molecule has 0 aliphatic heterocycles. The lowest BCUT2D eigenvalue weighted by Crippen LogP contribution is -2.06. The van der Waals surface area contributed by atoms with E-state index in [1.165, 1.54) is 38.3 Å². The van der Waals surface area contributed by atoms with Gasteiger partial charge < -0.3 is 5.32 Å². The van der Waals surface area contributed by atoms with Gasteiger partial charge in [-0.1, -0.05) is 37.3 Å². The zero-order valence-corrected chi connectivity index (χ0v) is 11.3. The highest BCUT2D eigenvalue weighted by atomic mass is 35.5.